The van der Waals surface area contributed by atoms with E-state index < -0.39 is 17.7 Å². The van der Waals surface area contributed by atoms with Gasteiger partial charge >= 0.3 is 11.8 Å². The van der Waals surface area contributed by atoms with Crippen molar-refractivity contribution in [1.29, 1.82) is 0 Å². The summed E-state index contributed by atoms with van der Waals surface area (Å²) in [6.07, 6.45) is 0. The first-order valence-electron chi connectivity index (χ1n) is 7.00. The van der Waals surface area contributed by atoms with Crippen molar-refractivity contribution in [2.24, 2.45) is 0 Å². The molecule has 2 aromatic carbocycles. The molecule has 2 aromatic rings. The third-order valence-corrected chi connectivity index (χ3v) is 3.16. The Balaban J connectivity index is 1.96. The molecule has 0 saturated carbocycles. The fraction of sp³-hybridized carbons (Fsp3) is 0.0588. The van der Waals surface area contributed by atoms with Crippen molar-refractivity contribution in [3.63, 3.8) is 0 Å². The number of amides is 3. The molecule has 4 N–H and O–H groups in total. The lowest BCUT2D eigenvalue weighted by Gasteiger charge is -2.06. The van der Waals surface area contributed by atoms with Crippen LogP contribution in [-0.2, 0) is 9.59 Å². The molecule has 0 atom stereocenters. The maximum atomic E-state index is 11.9. The number of hydrogen-bond acceptors (Lipinski definition) is 5. The van der Waals surface area contributed by atoms with Gasteiger partial charge in [-0.2, -0.15) is 0 Å². The van der Waals surface area contributed by atoms with E-state index in [1.165, 1.54) is 55.5 Å². The standard InChI is InChI=1S/C17H15N3O4/c1-10(21)11-4-8-14(9-5-11)19-16(23)17(24)20-15(22)12-2-6-13(18)7-3-12/h2-9H,18H2,1H3,(H,19,23)(H,20,22,24). The van der Waals surface area contributed by atoms with E-state index in [-0.39, 0.29) is 11.3 Å². The number of carbonyl (C=O) groups is 4. The van der Waals surface area contributed by atoms with E-state index in [0.717, 1.165) is 0 Å². The van der Waals surface area contributed by atoms with E-state index in [2.05, 4.69) is 5.32 Å². The first-order valence-corrected chi connectivity index (χ1v) is 7.00. The summed E-state index contributed by atoms with van der Waals surface area (Å²) in [4.78, 5) is 46.6. The average Bonchev–Trinajstić information content (AvgIpc) is 2.55. The zero-order valence-electron chi connectivity index (χ0n) is 12.8. The summed E-state index contributed by atoms with van der Waals surface area (Å²) in [6.45, 7) is 1.42. The molecular formula is C17H15N3O4. The highest BCUT2D eigenvalue weighted by Crippen LogP contribution is 2.10. The van der Waals surface area contributed by atoms with Gasteiger partial charge < -0.3 is 11.1 Å². The van der Waals surface area contributed by atoms with E-state index in [1.807, 2.05) is 5.32 Å². The second-order valence-electron chi connectivity index (χ2n) is 4.99. The van der Waals surface area contributed by atoms with Crippen LogP contribution in [0.15, 0.2) is 48.5 Å². The molecule has 7 nitrogen and oxygen atoms in total. The number of rotatable bonds is 3. The molecule has 7 heteroatoms. The van der Waals surface area contributed by atoms with Crippen molar-refractivity contribution >= 4 is 34.9 Å². The quantitative estimate of drug-likeness (QED) is 0.447. The van der Waals surface area contributed by atoms with Crippen LogP contribution >= 0.6 is 0 Å². The monoisotopic (exact) mass is 325 g/mol. The second-order valence-corrected chi connectivity index (χ2v) is 4.99. The molecule has 0 aliphatic rings. The Labute approximate surface area is 137 Å². The third kappa shape index (κ3) is 4.26. The lowest BCUT2D eigenvalue weighted by Crippen LogP contribution is -2.39. The molecule has 122 valence electrons. The number of anilines is 2. The van der Waals surface area contributed by atoms with Gasteiger partial charge in [-0.25, -0.2) is 0 Å². The van der Waals surface area contributed by atoms with Crippen LogP contribution in [0.3, 0.4) is 0 Å². The van der Waals surface area contributed by atoms with Crippen LogP contribution in [0.2, 0.25) is 0 Å². The van der Waals surface area contributed by atoms with Crippen LogP contribution in [0.25, 0.3) is 0 Å². The zero-order chi connectivity index (χ0) is 17.7. The van der Waals surface area contributed by atoms with E-state index in [1.54, 1.807) is 0 Å². The Kier molecular flexibility index (Phi) is 5.06. The van der Waals surface area contributed by atoms with Gasteiger partial charge in [0, 0.05) is 22.5 Å². The summed E-state index contributed by atoms with van der Waals surface area (Å²) >= 11 is 0. The van der Waals surface area contributed by atoms with Crippen molar-refractivity contribution < 1.29 is 19.2 Å². The number of nitrogens with one attached hydrogen (secondary N) is 2. The van der Waals surface area contributed by atoms with Gasteiger partial charge in [-0.15, -0.1) is 0 Å². The number of Topliss-reactive ketones (excluding diaryl/α,β-unsaturated/α-hetero) is 1. The number of ketones is 1. The Morgan fingerprint density at radius 1 is 0.792 bits per heavy atom. The summed E-state index contributed by atoms with van der Waals surface area (Å²) in [5, 5.41) is 4.32. The van der Waals surface area contributed by atoms with Gasteiger partial charge in [-0.1, -0.05) is 0 Å². The highest BCUT2D eigenvalue weighted by molar-refractivity contribution is 6.42. The molecule has 0 aromatic heterocycles. The first-order chi connectivity index (χ1) is 11.4. The fourth-order valence-corrected chi connectivity index (χ4v) is 1.84. The summed E-state index contributed by atoms with van der Waals surface area (Å²) in [5.41, 5.74) is 7.00. The van der Waals surface area contributed by atoms with Gasteiger partial charge in [-0.3, -0.25) is 24.5 Å². The van der Waals surface area contributed by atoms with Gasteiger partial charge in [-0.05, 0) is 55.5 Å². The lowest BCUT2D eigenvalue weighted by atomic mass is 10.1. The van der Waals surface area contributed by atoms with E-state index in [9.17, 15) is 19.2 Å². The molecule has 0 bridgehead atoms. The summed E-state index contributed by atoms with van der Waals surface area (Å²) in [7, 11) is 0. The number of carbonyl (C=O) groups excluding carboxylic acids is 4. The fourth-order valence-electron chi connectivity index (χ4n) is 1.84. The highest BCUT2D eigenvalue weighted by atomic mass is 16.2. The van der Waals surface area contributed by atoms with Crippen molar-refractivity contribution in [1.82, 2.24) is 5.32 Å². The Morgan fingerprint density at radius 3 is 1.88 bits per heavy atom. The number of imide groups is 1. The number of benzene rings is 2. The van der Waals surface area contributed by atoms with Crippen LogP contribution < -0.4 is 16.4 Å². The summed E-state index contributed by atoms with van der Waals surface area (Å²) < 4.78 is 0. The number of nitrogen functional groups attached to an aromatic ring is 1. The number of nitrogens with two attached hydrogens (primary N) is 1. The Morgan fingerprint density at radius 2 is 1.33 bits per heavy atom. The highest BCUT2D eigenvalue weighted by Gasteiger charge is 2.18. The molecule has 3 amide bonds. The van der Waals surface area contributed by atoms with Crippen LogP contribution in [0.4, 0.5) is 11.4 Å². The molecule has 0 aliphatic carbocycles. The molecule has 24 heavy (non-hydrogen) atoms. The molecule has 0 unspecified atom stereocenters. The normalized spacial score (nSPS) is 9.88. The van der Waals surface area contributed by atoms with E-state index in [0.29, 0.717) is 16.9 Å². The molecule has 0 radical (unpaired) electrons. The first kappa shape index (κ1) is 16.9. The largest absolute Gasteiger partial charge is 0.399 e. The molecule has 0 fully saturated rings. The van der Waals surface area contributed by atoms with Crippen molar-refractivity contribution in [2.45, 2.75) is 6.92 Å². The van der Waals surface area contributed by atoms with Crippen LogP contribution in [0.1, 0.15) is 27.6 Å². The maximum Gasteiger partial charge on any atom is 0.316 e. The van der Waals surface area contributed by atoms with Crippen molar-refractivity contribution in [2.75, 3.05) is 11.1 Å². The SMILES string of the molecule is CC(=O)c1ccc(NC(=O)C(=O)NC(=O)c2ccc(N)cc2)cc1. The van der Waals surface area contributed by atoms with Crippen LogP contribution in [0, 0.1) is 0 Å². The molecular weight excluding hydrogens is 310 g/mol. The lowest BCUT2D eigenvalue weighted by molar-refractivity contribution is -0.135. The molecule has 0 heterocycles. The summed E-state index contributed by atoms with van der Waals surface area (Å²) in [6, 6.07) is 11.9. The topological polar surface area (TPSA) is 118 Å². The third-order valence-electron chi connectivity index (χ3n) is 3.16. The van der Waals surface area contributed by atoms with Gasteiger partial charge in [0.05, 0.1) is 0 Å². The minimum Gasteiger partial charge on any atom is -0.399 e. The van der Waals surface area contributed by atoms with Crippen LogP contribution in [0.5, 0.6) is 0 Å². The predicted molar refractivity (Wildman–Crippen MR) is 88.4 cm³/mol. The Hall–Kier alpha value is -3.48. The molecule has 0 aliphatic heterocycles. The summed E-state index contributed by atoms with van der Waals surface area (Å²) in [5.74, 6) is -2.90. The maximum absolute atomic E-state index is 11.9. The smallest absolute Gasteiger partial charge is 0.316 e. The minimum absolute atomic E-state index is 0.111. The predicted octanol–water partition coefficient (Wildman–Crippen LogP) is 1.37. The molecule has 0 saturated heterocycles. The second kappa shape index (κ2) is 7.19. The van der Waals surface area contributed by atoms with Gasteiger partial charge in [0.2, 0.25) is 0 Å². The molecule has 0 spiro atoms. The molecule has 2 rings (SSSR count). The van der Waals surface area contributed by atoms with Crippen molar-refractivity contribution in [3.8, 4) is 0 Å². The average molecular weight is 325 g/mol. The number of hydrogen-bond donors (Lipinski definition) is 3. The van der Waals surface area contributed by atoms with Gasteiger partial charge in [0.1, 0.15) is 0 Å². The minimum atomic E-state index is -1.09. The van der Waals surface area contributed by atoms with E-state index in [4.69, 9.17) is 5.73 Å². The van der Waals surface area contributed by atoms with Gasteiger partial charge in [0.25, 0.3) is 5.91 Å². The van der Waals surface area contributed by atoms with E-state index >= 15 is 0 Å². The van der Waals surface area contributed by atoms with Crippen molar-refractivity contribution in [3.05, 3.63) is 59.7 Å². The Bertz CT molecular complexity index is 796. The zero-order valence-corrected chi connectivity index (χ0v) is 12.8. The van der Waals surface area contributed by atoms with Gasteiger partial charge in [0.15, 0.2) is 5.78 Å². The van der Waals surface area contributed by atoms with Crippen LogP contribution in [-0.4, -0.2) is 23.5 Å².